The summed E-state index contributed by atoms with van der Waals surface area (Å²) in [5, 5.41) is 27.1. The number of carbonyl (C=O) groups excluding carboxylic acids is 1. The Hall–Kier alpha value is -1.60. The van der Waals surface area contributed by atoms with Gasteiger partial charge in [-0.3, -0.25) is 4.68 Å². The van der Waals surface area contributed by atoms with E-state index < -0.39 is 23.9 Å². The lowest BCUT2D eigenvalue weighted by Crippen LogP contribution is -2.34. The molecule has 1 aromatic heterocycles. The van der Waals surface area contributed by atoms with E-state index in [0.29, 0.717) is 11.3 Å². The maximum Gasteiger partial charge on any atom is 0.407 e. The molecule has 7 nitrogen and oxygen atoms in total. The quantitative estimate of drug-likeness (QED) is 0.762. The lowest BCUT2D eigenvalue weighted by atomic mass is 10.0. The maximum atomic E-state index is 11.5. The Bertz CT molecular complexity index is 520. The molecule has 1 rings (SSSR count). The van der Waals surface area contributed by atoms with Crippen molar-refractivity contribution in [1.82, 2.24) is 15.1 Å². The second kappa shape index (κ2) is 7.11. The van der Waals surface area contributed by atoms with Gasteiger partial charge in [-0.1, -0.05) is 0 Å². The highest BCUT2D eigenvalue weighted by Crippen LogP contribution is 2.25. The van der Waals surface area contributed by atoms with Crippen molar-refractivity contribution in [3.8, 4) is 0 Å². The monoisotopic (exact) mass is 313 g/mol. The summed E-state index contributed by atoms with van der Waals surface area (Å²) in [7, 11) is 1.79. The third-order valence-electron chi connectivity index (χ3n) is 3.33. The molecule has 1 amide bonds. The van der Waals surface area contributed by atoms with Crippen LogP contribution in [-0.4, -0.2) is 44.3 Å². The Morgan fingerprint density at radius 3 is 2.41 bits per heavy atom. The lowest BCUT2D eigenvalue weighted by molar-refractivity contribution is 0.0115. The number of alkyl carbamates (subject to hydrolysis) is 1. The number of aromatic nitrogens is 2. The van der Waals surface area contributed by atoms with E-state index in [9.17, 15) is 15.0 Å². The first-order valence-corrected chi connectivity index (χ1v) is 7.36. The smallest absolute Gasteiger partial charge is 0.407 e. The number of aliphatic hydroxyl groups is 2. The van der Waals surface area contributed by atoms with Gasteiger partial charge in [0.2, 0.25) is 0 Å². The number of carbonyl (C=O) groups is 1. The van der Waals surface area contributed by atoms with Crippen molar-refractivity contribution < 1.29 is 19.7 Å². The van der Waals surface area contributed by atoms with Crippen LogP contribution in [0.15, 0.2) is 0 Å². The molecule has 1 aromatic rings. The fourth-order valence-electron chi connectivity index (χ4n) is 2.20. The van der Waals surface area contributed by atoms with Crippen LogP contribution >= 0.6 is 0 Å². The molecular weight excluding hydrogens is 286 g/mol. The molecule has 2 unspecified atom stereocenters. The average Bonchev–Trinajstić information content (AvgIpc) is 2.60. The Balaban J connectivity index is 2.52. The zero-order chi connectivity index (χ0) is 17.1. The average molecular weight is 313 g/mol. The first kappa shape index (κ1) is 18.4. The van der Waals surface area contributed by atoms with Crippen LogP contribution in [0.5, 0.6) is 0 Å². The van der Waals surface area contributed by atoms with Crippen molar-refractivity contribution in [1.29, 1.82) is 0 Å². The van der Waals surface area contributed by atoms with Gasteiger partial charge in [-0.05, 0) is 41.0 Å². The van der Waals surface area contributed by atoms with E-state index >= 15 is 0 Å². The number of hydrogen-bond acceptors (Lipinski definition) is 5. The number of ether oxygens (including phenoxy) is 1. The summed E-state index contributed by atoms with van der Waals surface area (Å²) >= 11 is 0. The summed E-state index contributed by atoms with van der Waals surface area (Å²) in [6.45, 7) is 9.17. The highest BCUT2D eigenvalue weighted by molar-refractivity contribution is 5.67. The summed E-state index contributed by atoms with van der Waals surface area (Å²) in [6, 6.07) is 0. The SMILES string of the molecule is Cc1nn(C)c(C)c1C(O)C(O)CCNC(=O)OC(C)(C)C. The molecule has 7 heteroatoms. The van der Waals surface area contributed by atoms with Crippen LogP contribution in [0, 0.1) is 13.8 Å². The van der Waals surface area contributed by atoms with E-state index in [1.807, 2.05) is 6.92 Å². The second-order valence-electron chi connectivity index (χ2n) is 6.44. The fraction of sp³-hybridized carbons (Fsp3) is 0.733. The van der Waals surface area contributed by atoms with Crippen molar-refractivity contribution in [3.63, 3.8) is 0 Å². The molecule has 126 valence electrons. The topological polar surface area (TPSA) is 96.6 Å². The van der Waals surface area contributed by atoms with Crippen LogP contribution in [0.3, 0.4) is 0 Å². The zero-order valence-electron chi connectivity index (χ0n) is 14.2. The molecule has 0 aromatic carbocycles. The normalized spacial score (nSPS) is 14.5. The van der Waals surface area contributed by atoms with Gasteiger partial charge in [0.25, 0.3) is 0 Å². The van der Waals surface area contributed by atoms with Gasteiger partial charge in [0.05, 0.1) is 11.8 Å². The molecular formula is C15H27N3O4. The van der Waals surface area contributed by atoms with Crippen molar-refractivity contribution >= 4 is 6.09 Å². The van der Waals surface area contributed by atoms with E-state index in [1.54, 1.807) is 39.4 Å². The summed E-state index contributed by atoms with van der Waals surface area (Å²) in [6.07, 6.45) is -2.35. The lowest BCUT2D eigenvalue weighted by Gasteiger charge is -2.21. The molecule has 1 heterocycles. The largest absolute Gasteiger partial charge is 0.444 e. The number of aryl methyl sites for hydroxylation is 2. The third kappa shape index (κ3) is 4.99. The summed E-state index contributed by atoms with van der Waals surface area (Å²) in [5.41, 5.74) is 1.56. The minimum absolute atomic E-state index is 0.214. The van der Waals surface area contributed by atoms with Crippen molar-refractivity contribution in [2.24, 2.45) is 7.05 Å². The standard InChI is InChI=1S/C15H27N3O4/c1-9-12(10(2)18(6)17-9)13(20)11(19)7-8-16-14(21)22-15(3,4)5/h11,13,19-20H,7-8H2,1-6H3,(H,16,21). The van der Waals surface area contributed by atoms with Crippen LogP contribution in [0.2, 0.25) is 0 Å². The molecule has 3 N–H and O–H groups in total. The van der Waals surface area contributed by atoms with Gasteiger partial charge >= 0.3 is 6.09 Å². The van der Waals surface area contributed by atoms with Crippen LogP contribution < -0.4 is 5.32 Å². The molecule has 0 spiro atoms. The van der Waals surface area contributed by atoms with Gasteiger partial charge in [-0.15, -0.1) is 0 Å². The van der Waals surface area contributed by atoms with Crippen molar-refractivity contribution in [2.75, 3.05) is 6.54 Å². The first-order valence-electron chi connectivity index (χ1n) is 7.36. The van der Waals surface area contributed by atoms with E-state index in [4.69, 9.17) is 4.74 Å². The number of amides is 1. The van der Waals surface area contributed by atoms with E-state index in [2.05, 4.69) is 10.4 Å². The second-order valence-corrected chi connectivity index (χ2v) is 6.44. The molecule has 2 atom stereocenters. The molecule has 0 saturated heterocycles. The summed E-state index contributed by atoms with van der Waals surface area (Å²) in [5.74, 6) is 0. The summed E-state index contributed by atoms with van der Waals surface area (Å²) < 4.78 is 6.76. The van der Waals surface area contributed by atoms with Gasteiger partial charge in [0, 0.05) is 24.8 Å². The minimum atomic E-state index is -1.03. The highest BCUT2D eigenvalue weighted by Gasteiger charge is 2.25. The van der Waals surface area contributed by atoms with Crippen molar-refractivity contribution in [2.45, 2.75) is 58.8 Å². The van der Waals surface area contributed by atoms with E-state index in [0.717, 1.165) is 5.69 Å². The molecule has 0 bridgehead atoms. The van der Waals surface area contributed by atoms with Crippen LogP contribution in [-0.2, 0) is 11.8 Å². The van der Waals surface area contributed by atoms with E-state index in [-0.39, 0.29) is 13.0 Å². The van der Waals surface area contributed by atoms with Crippen molar-refractivity contribution in [3.05, 3.63) is 17.0 Å². The predicted octanol–water partition coefficient (Wildman–Crippen LogP) is 1.35. The predicted molar refractivity (Wildman–Crippen MR) is 82.5 cm³/mol. The molecule has 0 saturated carbocycles. The fourth-order valence-corrected chi connectivity index (χ4v) is 2.20. The van der Waals surface area contributed by atoms with E-state index in [1.165, 1.54) is 0 Å². The molecule has 0 fully saturated rings. The Morgan fingerprint density at radius 2 is 1.95 bits per heavy atom. The zero-order valence-corrected chi connectivity index (χ0v) is 14.2. The van der Waals surface area contributed by atoms with Crippen LogP contribution in [0.25, 0.3) is 0 Å². The minimum Gasteiger partial charge on any atom is -0.444 e. The van der Waals surface area contributed by atoms with Gasteiger partial charge in [-0.2, -0.15) is 5.10 Å². The Kier molecular flexibility index (Phi) is 5.96. The molecule has 0 aliphatic rings. The Labute approximate surface area is 131 Å². The number of rotatable bonds is 5. The van der Waals surface area contributed by atoms with Gasteiger partial charge in [0.15, 0.2) is 0 Å². The Morgan fingerprint density at radius 1 is 1.36 bits per heavy atom. The van der Waals surface area contributed by atoms with Crippen LogP contribution in [0.4, 0.5) is 4.79 Å². The maximum absolute atomic E-state index is 11.5. The van der Waals surface area contributed by atoms with Gasteiger partial charge in [-0.25, -0.2) is 4.79 Å². The molecule has 0 aliphatic carbocycles. The number of hydrogen-bond donors (Lipinski definition) is 3. The summed E-state index contributed by atoms with van der Waals surface area (Å²) in [4.78, 5) is 11.5. The number of aliphatic hydroxyl groups excluding tert-OH is 2. The number of nitrogens with one attached hydrogen (secondary N) is 1. The third-order valence-corrected chi connectivity index (χ3v) is 3.33. The van der Waals surface area contributed by atoms with Crippen LogP contribution in [0.1, 0.15) is 50.2 Å². The van der Waals surface area contributed by atoms with Gasteiger partial charge in [0.1, 0.15) is 11.7 Å². The highest BCUT2D eigenvalue weighted by atomic mass is 16.6. The molecule has 0 aliphatic heterocycles. The number of nitrogens with zero attached hydrogens (tertiary/aromatic N) is 2. The van der Waals surface area contributed by atoms with Gasteiger partial charge < -0.3 is 20.3 Å². The first-order chi connectivity index (χ1) is 10.0. The molecule has 22 heavy (non-hydrogen) atoms. The molecule has 0 radical (unpaired) electrons.